The zero-order chi connectivity index (χ0) is 19.0. The third kappa shape index (κ3) is 5.26. The first-order valence-electron chi connectivity index (χ1n) is 8.92. The minimum atomic E-state index is 0. The molecule has 2 rings (SSSR count). The Balaban J connectivity index is 0.00000338. The Morgan fingerprint density at radius 2 is 1.31 bits per heavy atom. The number of benzene rings is 2. The Labute approximate surface area is 170 Å². The van der Waals surface area contributed by atoms with Gasteiger partial charge in [0.1, 0.15) is 0 Å². The molecule has 0 unspecified atom stereocenters. The maximum Gasteiger partial charge on any atom is 1.00 e. The quantitative estimate of drug-likeness (QED) is 0.635. The zero-order valence-electron chi connectivity index (χ0n) is 17.9. The van der Waals surface area contributed by atoms with Crippen LogP contribution in [0, 0.1) is 13.8 Å². The van der Waals surface area contributed by atoms with Crippen LogP contribution >= 0.6 is 0 Å². The topological polar surface area (TPSA) is 37.0 Å². The summed E-state index contributed by atoms with van der Waals surface area (Å²) in [4.78, 5) is 3.37. The monoisotopic (exact) mass is 344 g/mol. The van der Waals surface area contributed by atoms with Crippen LogP contribution in [0.3, 0.4) is 0 Å². The molecule has 26 heavy (non-hydrogen) atoms. The Morgan fingerprint density at radius 1 is 0.808 bits per heavy atom. The molecule has 0 aliphatic carbocycles. The zero-order valence-corrected chi connectivity index (χ0v) is 17.9. The van der Waals surface area contributed by atoms with Gasteiger partial charge in [-0.05, 0) is 54.0 Å². The molecule has 2 aromatic carbocycles. The Kier molecular flexibility index (Phi) is 6.96. The fourth-order valence-corrected chi connectivity index (χ4v) is 2.90. The molecule has 0 aliphatic rings. The van der Waals surface area contributed by atoms with Crippen molar-refractivity contribution in [3.8, 4) is 5.75 Å². The van der Waals surface area contributed by atoms with Crippen molar-refractivity contribution in [2.75, 3.05) is 0 Å². The molecule has 0 heterocycles. The second-order valence-corrected chi connectivity index (χ2v) is 9.03. The number of nitrogens with one attached hydrogen (secondary N) is 1. The number of hydrogen-bond acceptors (Lipinski definition) is 1. The van der Waals surface area contributed by atoms with E-state index in [0.717, 1.165) is 11.3 Å². The second-order valence-electron chi connectivity index (χ2n) is 9.03. The molecule has 0 saturated heterocycles. The standard InChI is InChI=1S/C23H31NO.Li/c1-15-11-19(23(6,7)8)12-16(2)21(15)24-14-17-13-18(22(3,4)5)9-10-20(17)25;/h9-14,25H,1-8H3;/q;+1. The van der Waals surface area contributed by atoms with Crippen LogP contribution in [-0.2, 0) is 10.8 Å². The fourth-order valence-electron chi connectivity index (χ4n) is 2.90. The van der Waals surface area contributed by atoms with Crippen molar-refractivity contribution in [3.05, 3.63) is 58.1 Å². The van der Waals surface area contributed by atoms with E-state index in [-0.39, 0.29) is 35.4 Å². The summed E-state index contributed by atoms with van der Waals surface area (Å²) in [6.45, 7) is 17.4. The van der Waals surface area contributed by atoms with Gasteiger partial charge in [0.15, 0.2) is 6.21 Å². The molecule has 0 aliphatic heterocycles. The molecular formula is C23H31LiNO+. The van der Waals surface area contributed by atoms with Gasteiger partial charge in [0, 0.05) is 16.7 Å². The van der Waals surface area contributed by atoms with Crippen LogP contribution in [0.4, 0.5) is 5.69 Å². The van der Waals surface area contributed by atoms with Crippen LogP contribution in [0.25, 0.3) is 0 Å². The summed E-state index contributed by atoms with van der Waals surface area (Å²) in [7, 11) is 0. The molecule has 1 N–H and O–H groups in total. The first-order valence-corrected chi connectivity index (χ1v) is 8.92. The normalized spacial score (nSPS) is 12.3. The van der Waals surface area contributed by atoms with E-state index in [9.17, 15) is 5.11 Å². The molecule has 3 heteroatoms. The van der Waals surface area contributed by atoms with Crippen LogP contribution < -0.4 is 29.0 Å². The van der Waals surface area contributed by atoms with E-state index in [0.29, 0.717) is 5.56 Å². The minimum Gasteiger partial charge on any atom is -0.872 e. The predicted octanol–water partition coefficient (Wildman–Crippen LogP) is 0.807. The van der Waals surface area contributed by atoms with Crippen LogP contribution in [0.2, 0.25) is 0 Å². The van der Waals surface area contributed by atoms with Gasteiger partial charge in [0.25, 0.3) is 0 Å². The minimum absolute atomic E-state index is 0. The van der Waals surface area contributed by atoms with Gasteiger partial charge in [0.2, 0.25) is 5.69 Å². The van der Waals surface area contributed by atoms with E-state index in [1.54, 1.807) is 6.07 Å². The van der Waals surface area contributed by atoms with E-state index in [4.69, 9.17) is 0 Å². The molecule has 0 fully saturated rings. The summed E-state index contributed by atoms with van der Waals surface area (Å²) in [6.07, 6.45) is 1.84. The van der Waals surface area contributed by atoms with Gasteiger partial charge in [-0.25, -0.2) is 4.99 Å². The van der Waals surface area contributed by atoms with E-state index in [1.165, 1.54) is 16.7 Å². The molecule has 0 saturated carbocycles. The molecular weight excluding hydrogens is 313 g/mol. The third-order valence-corrected chi connectivity index (χ3v) is 4.65. The van der Waals surface area contributed by atoms with Crippen molar-refractivity contribution in [3.63, 3.8) is 0 Å². The molecule has 2 nitrogen and oxygen atoms in total. The SMILES string of the molecule is Cc1cc(C(C)(C)C)cc(C)c1[NH+]=Cc1cc(C(C)(C)C)ccc1[O-].[Li+]. The smallest absolute Gasteiger partial charge is 0.872 e. The van der Waals surface area contributed by atoms with E-state index in [2.05, 4.69) is 72.5 Å². The van der Waals surface area contributed by atoms with Crippen molar-refractivity contribution in [2.24, 2.45) is 0 Å². The Hall–Kier alpha value is -1.49. The van der Waals surface area contributed by atoms with Gasteiger partial charge < -0.3 is 5.11 Å². The Bertz CT molecular complexity index is 785. The average molecular weight is 344 g/mol. The summed E-state index contributed by atoms with van der Waals surface area (Å²) in [6, 6.07) is 10.0. The van der Waals surface area contributed by atoms with Crippen LogP contribution in [0.15, 0.2) is 30.3 Å². The third-order valence-electron chi connectivity index (χ3n) is 4.65. The molecule has 0 atom stereocenters. The van der Waals surface area contributed by atoms with E-state index >= 15 is 0 Å². The van der Waals surface area contributed by atoms with Crippen molar-refractivity contribution >= 4 is 11.9 Å². The maximum absolute atomic E-state index is 12.2. The van der Waals surface area contributed by atoms with Gasteiger partial charge in [-0.1, -0.05) is 59.4 Å². The van der Waals surface area contributed by atoms with Crippen molar-refractivity contribution in [2.45, 2.75) is 66.2 Å². The number of hydrogen-bond donors (Lipinski definition) is 1. The number of aryl methyl sites for hydroxylation is 2. The van der Waals surface area contributed by atoms with Crippen molar-refractivity contribution in [1.82, 2.24) is 0 Å². The Morgan fingerprint density at radius 3 is 1.77 bits per heavy atom. The largest absolute Gasteiger partial charge is 1.00 e. The summed E-state index contributed by atoms with van der Waals surface area (Å²) < 4.78 is 0. The van der Waals surface area contributed by atoms with Gasteiger partial charge in [0.05, 0.1) is 0 Å². The van der Waals surface area contributed by atoms with E-state index < -0.39 is 0 Å². The average Bonchev–Trinajstić information content (AvgIpc) is 2.45. The molecule has 0 radical (unpaired) electrons. The molecule has 2 aromatic rings. The molecule has 0 bridgehead atoms. The van der Waals surface area contributed by atoms with Gasteiger partial charge in [-0.3, -0.25) is 0 Å². The van der Waals surface area contributed by atoms with Crippen LogP contribution in [-0.4, -0.2) is 6.21 Å². The van der Waals surface area contributed by atoms with Gasteiger partial charge in [-0.15, -0.1) is 0 Å². The molecule has 134 valence electrons. The second kappa shape index (κ2) is 8.03. The summed E-state index contributed by atoms with van der Waals surface area (Å²) in [5, 5.41) is 12.2. The van der Waals surface area contributed by atoms with Crippen LogP contribution in [0.1, 0.15) is 69.4 Å². The predicted molar refractivity (Wildman–Crippen MR) is 105 cm³/mol. The first kappa shape index (κ1) is 22.5. The molecule has 0 spiro atoms. The van der Waals surface area contributed by atoms with Gasteiger partial charge >= 0.3 is 18.9 Å². The van der Waals surface area contributed by atoms with Gasteiger partial charge in [-0.2, -0.15) is 0 Å². The molecule has 0 amide bonds. The fraction of sp³-hybridized carbons (Fsp3) is 0.435. The summed E-state index contributed by atoms with van der Waals surface area (Å²) in [5.74, 6) is 0.0436. The van der Waals surface area contributed by atoms with Crippen molar-refractivity contribution < 1.29 is 29.0 Å². The molecule has 0 aromatic heterocycles. The first-order chi connectivity index (χ1) is 11.4. The van der Waals surface area contributed by atoms with Crippen LogP contribution in [0.5, 0.6) is 5.75 Å². The summed E-state index contributed by atoms with van der Waals surface area (Å²) in [5.41, 5.74) is 6.81. The maximum atomic E-state index is 12.2. The number of rotatable bonds is 2. The van der Waals surface area contributed by atoms with Crippen molar-refractivity contribution in [1.29, 1.82) is 0 Å². The van der Waals surface area contributed by atoms with E-state index in [1.807, 2.05) is 18.3 Å². The summed E-state index contributed by atoms with van der Waals surface area (Å²) >= 11 is 0.